The fourth-order valence-corrected chi connectivity index (χ4v) is 5.64. The molecule has 1 aromatic carbocycles. The third kappa shape index (κ3) is 4.39. The molecule has 1 fully saturated rings. The highest BCUT2D eigenvalue weighted by Gasteiger charge is 2.32. The molecule has 0 saturated carbocycles. The van der Waals surface area contributed by atoms with Gasteiger partial charge in [-0.25, -0.2) is 17.5 Å². The van der Waals surface area contributed by atoms with Crippen molar-refractivity contribution >= 4 is 10.0 Å². The van der Waals surface area contributed by atoms with Crippen molar-refractivity contribution in [2.45, 2.75) is 51.2 Å². The van der Waals surface area contributed by atoms with Gasteiger partial charge in [-0.05, 0) is 38.8 Å². The molecule has 1 N–H and O–H groups in total. The second-order valence-corrected chi connectivity index (χ2v) is 9.26. The number of nitrogens with one attached hydrogen (secondary N) is 1. The Labute approximate surface area is 160 Å². The van der Waals surface area contributed by atoms with E-state index in [1.165, 1.54) is 12.1 Å². The van der Waals surface area contributed by atoms with Crippen LogP contribution in [0.4, 0.5) is 4.39 Å². The molecule has 1 saturated heterocycles. The maximum absolute atomic E-state index is 13.4. The van der Waals surface area contributed by atoms with E-state index in [0.29, 0.717) is 42.6 Å². The summed E-state index contributed by atoms with van der Waals surface area (Å²) < 4.78 is 42.9. The molecule has 1 aliphatic rings. The highest BCUT2D eigenvalue weighted by molar-refractivity contribution is 7.89. The van der Waals surface area contributed by atoms with Gasteiger partial charge in [0.05, 0.1) is 18.4 Å². The van der Waals surface area contributed by atoms with Crippen LogP contribution in [0.15, 0.2) is 29.2 Å². The summed E-state index contributed by atoms with van der Waals surface area (Å²) in [5.41, 5.74) is 2.10. The number of hydrogen-bond donors (Lipinski definition) is 1. The summed E-state index contributed by atoms with van der Waals surface area (Å²) in [5, 5.41) is 4.49. The summed E-state index contributed by atoms with van der Waals surface area (Å²) in [6, 6.07) is 6.54. The first-order valence-corrected chi connectivity index (χ1v) is 10.8. The van der Waals surface area contributed by atoms with E-state index in [-0.39, 0.29) is 5.82 Å². The molecule has 2 heterocycles. The number of aryl methyl sites for hydroxylation is 1. The molecule has 0 amide bonds. The summed E-state index contributed by atoms with van der Waals surface area (Å²) >= 11 is 0. The Kier molecular flexibility index (Phi) is 5.98. The van der Waals surface area contributed by atoms with Crippen LogP contribution in [0.5, 0.6) is 0 Å². The van der Waals surface area contributed by atoms with Crippen molar-refractivity contribution in [3.63, 3.8) is 0 Å². The van der Waals surface area contributed by atoms with E-state index in [1.807, 2.05) is 20.0 Å². The predicted octanol–water partition coefficient (Wildman–Crippen LogP) is 1.49. The lowest BCUT2D eigenvalue weighted by Crippen LogP contribution is -3.07. The molecule has 1 atom stereocenters. The van der Waals surface area contributed by atoms with Crippen LogP contribution in [0, 0.1) is 19.7 Å². The lowest BCUT2D eigenvalue weighted by Gasteiger charge is -2.26. The fraction of sp³-hybridized carbons (Fsp3) is 0.526. The quantitative estimate of drug-likeness (QED) is 0.806. The zero-order valence-corrected chi connectivity index (χ0v) is 17.0. The molecule has 1 unspecified atom stereocenters. The van der Waals surface area contributed by atoms with Gasteiger partial charge in [0.2, 0.25) is 10.0 Å². The fourth-order valence-electron chi connectivity index (χ4n) is 3.75. The number of piperidine rings is 1. The molecular weight excluding hydrogens is 367 g/mol. The van der Waals surface area contributed by atoms with Crippen molar-refractivity contribution in [3.8, 4) is 0 Å². The highest BCUT2D eigenvalue weighted by Crippen LogP contribution is 2.25. The summed E-state index contributed by atoms with van der Waals surface area (Å²) in [5.74, 6) is -0.249. The topological polar surface area (TPSA) is 59.6 Å². The SMILES string of the molecule is Cc1nn(C[NH+](C)Cc2cccc(F)c2)c(C)c1S(=O)(=O)N1CCCCC1. The molecule has 2 aromatic rings. The number of halogens is 1. The smallest absolute Gasteiger partial charge is 0.246 e. The van der Waals surface area contributed by atoms with Crippen molar-refractivity contribution in [2.24, 2.45) is 0 Å². The third-order valence-electron chi connectivity index (χ3n) is 5.04. The Balaban J connectivity index is 1.79. The van der Waals surface area contributed by atoms with Crippen molar-refractivity contribution < 1.29 is 17.7 Å². The van der Waals surface area contributed by atoms with Crippen LogP contribution in [0.3, 0.4) is 0 Å². The molecule has 8 heteroatoms. The minimum atomic E-state index is -3.51. The average Bonchev–Trinajstić information content (AvgIpc) is 2.89. The molecule has 0 spiro atoms. The largest absolute Gasteiger partial charge is 0.315 e. The monoisotopic (exact) mass is 395 g/mol. The Hall–Kier alpha value is -1.77. The van der Waals surface area contributed by atoms with Crippen molar-refractivity contribution in [2.75, 3.05) is 20.1 Å². The second-order valence-electron chi connectivity index (χ2n) is 7.39. The van der Waals surface area contributed by atoms with Crippen molar-refractivity contribution in [1.29, 1.82) is 0 Å². The van der Waals surface area contributed by atoms with Crippen LogP contribution in [0.25, 0.3) is 0 Å². The first-order valence-electron chi connectivity index (χ1n) is 9.39. The number of sulfonamides is 1. The minimum Gasteiger partial charge on any atom is -0.315 e. The van der Waals surface area contributed by atoms with Gasteiger partial charge in [0.25, 0.3) is 0 Å². The van der Waals surface area contributed by atoms with Gasteiger partial charge in [-0.3, -0.25) is 0 Å². The number of quaternary nitrogens is 1. The molecular formula is C19H28FN4O2S+. The maximum atomic E-state index is 13.4. The molecule has 27 heavy (non-hydrogen) atoms. The zero-order valence-electron chi connectivity index (χ0n) is 16.2. The van der Waals surface area contributed by atoms with Crippen LogP contribution < -0.4 is 4.90 Å². The lowest BCUT2D eigenvalue weighted by atomic mass is 10.2. The van der Waals surface area contributed by atoms with Gasteiger partial charge in [-0.1, -0.05) is 18.6 Å². The van der Waals surface area contributed by atoms with Crippen LogP contribution in [0.2, 0.25) is 0 Å². The first kappa shape index (κ1) is 20.0. The summed E-state index contributed by atoms with van der Waals surface area (Å²) in [7, 11) is -1.53. The van der Waals surface area contributed by atoms with E-state index < -0.39 is 10.0 Å². The number of benzene rings is 1. The Morgan fingerprint density at radius 3 is 2.56 bits per heavy atom. The Morgan fingerprint density at radius 2 is 1.89 bits per heavy atom. The van der Waals surface area contributed by atoms with E-state index in [9.17, 15) is 12.8 Å². The summed E-state index contributed by atoms with van der Waals surface area (Å²) in [6.07, 6.45) is 2.90. The number of rotatable bonds is 6. The summed E-state index contributed by atoms with van der Waals surface area (Å²) in [6.45, 7) is 5.87. The molecule has 148 valence electrons. The number of aromatic nitrogens is 2. The molecule has 3 rings (SSSR count). The van der Waals surface area contributed by atoms with Crippen LogP contribution in [-0.2, 0) is 23.2 Å². The highest BCUT2D eigenvalue weighted by atomic mass is 32.2. The molecule has 1 aromatic heterocycles. The zero-order chi connectivity index (χ0) is 19.6. The van der Waals surface area contributed by atoms with E-state index in [0.717, 1.165) is 29.7 Å². The van der Waals surface area contributed by atoms with Gasteiger partial charge in [-0.2, -0.15) is 9.40 Å². The van der Waals surface area contributed by atoms with Crippen molar-refractivity contribution in [1.82, 2.24) is 14.1 Å². The van der Waals surface area contributed by atoms with Gasteiger partial charge < -0.3 is 4.90 Å². The van der Waals surface area contributed by atoms with Crippen LogP contribution >= 0.6 is 0 Å². The van der Waals surface area contributed by atoms with Gasteiger partial charge in [0, 0.05) is 18.7 Å². The molecule has 1 aliphatic heterocycles. The van der Waals surface area contributed by atoms with E-state index in [1.54, 1.807) is 22.0 Å². The average molecular weight is 396 g/mol. The Bertz CT molecular complexity index is 904. The van der Waals surface area contributed by atoms with E-state index in [2.05, 4.69) is 5.10 Å². The van der Waals surface area contributed by atoms with Crippen LogP contribution in [0.1, 0.15) is 36.2 Å². The van der Waals surface area contributed by atoms with Gasteiger partial charge in [0.1, 0.15) is 17.3 Å². The lowest BCUT2D eigenvalue weighted by molar-refractivity contribution is -0.917. The van der Waals surface area contributed by atoms with Gasteiger partial charge in [-0.15, -0.1) is 0 Å². The van der Waals surface area contributed by atoms with Crippen molar-refractivity contribution in [3.05, 3.63) is 47.0 Å². The minimum absolute atomic E-state index is 0.249. The first-order chi connectivity index (χ1) is 12.8. The normalized spacial score (nSPS) is 17.2. The molecule has 0 aliphatic carbocycles. The predicted molar refractivity (Wildman–Crippen MR) is 101 cm³/mol. The number of nitrogens with zero attached hydrogens (tertiary/aromatic N) is 3. The third-order valence-corrected chi connectivity index (χ3v) is 7.19. The molecule has 6 nitrogen and oxygen atoms in total. The van der Waals surface area contributed by atoms with Crippen LogP contribution in [-0.4, -0.2) is 42.6 Å². The summed E-state index contributed by atoms with van der Waals surface area (Å²) in [4.78, 5) is 1.43. The second kappa shape index (κ2) is 8.08. The number of hydrogen-bond acceptors (Lipinski definition) is 3. The van der Waals surface area contributed by atoms with E-state index >= 15 is 0 Å². The molecule has 0 radical (unpaired) electrons. The van der Waals surface area contributed by atoms with Gasteiger partial charge >= 0.3 is 0 Å². The standard InChI is InChI=1S/C19H27FN4O2S/c1-15-19(27(25,26)23-10-5-4-6-11-23)16(2)24(21-15)14-22(3)13-17-8-7-9-18(20)12-17/h7-9,12H,4-6,10-11,13-14H2,1-3H3/p+1. The van der Waals surface area contributed by atoms with Gasteiger partial charge in [0.15, 0.2) is 6.67 Å². The van der Waals surface area contributed by atoms with E-state index in [4.69, 9.17) is 0 Å². The maximum Gasteiger partial charge on any atom is 0.246 e. The Morgan fingerprint density at radius 1 is 1.19 bits per heavy atom. The molecule has 0 bridgehead atoms.